The number of Topliss-reactive ketones (excluding diaryl/α,β-unsaturated/α-hetero) is 1. The molecule has 0 radical (unpaired) electrons. The zero-order chi connectivity index (χ0) is 13.9. The van der Waals surface area contributed by atoms with Crippen molar-refractivity contribution in [2.24, 2.45) is 0 Å². The summed E-state index contributed by atoms with van der Waals surface area (Å²) in [4.78, 5) is 13.7. The number of hydrogen-bond donors (Lipinski definition) is 1. The minimum absolute atomic E-state index is 0.233. The minimum Gasteiger partial charge on any atom is -0.388 e. The molecule has 0 unspecified atom stereocenters. The van der Waals surface area contributed by atoms with E-state index in [0.717, 1.165) is 19.5 Å². The third-order valence-electron chi connectivity index (χ3n) is 3.78. The predicted molar refractivity (Wildman–Crippen MR) is 79.1 cm³/mol. The van der Waals surface area contributed by atoms with Gasteiger partial charge in [-0.05, 0) is 23.6 Å². The van der Waals surface area contributed by atoms with Crippen LogP contribution in [0.5, 0.6) is 0 Å². The number of fused-ring (bicyclic) bond motifs is 1. The van der Waals surface area contributed by atoms with Crippen LogP contribution in [-0.2, 0) is 13.0 Å². The lowest BCUT2D eigenvalue weighted by Crippen LogP contribution is -2.19. The topological polar surface area (TPSA) is 40.5 Å². The third kappa shape index (κ3) is 2.45. The van der Waals surface area contributed by atoms with Crippen LogP contribution in [0, 0.1) is 0 Å². The number of anilines is 1. The molecule has 0 saturated carbocycles. The molecule has 1 aliphatic heterocycles. The third-order valence-corrected chi connectivity index (χ3v) is 3.78. The second-order valence-corrected chi connectivity index (χ2v) is 5.08. The number of carbonyl (C=O) groups is 1. The highest BCUT2D eigenvalue weighted by Crippen LogP contribution is 2.28. The van der Waals surface area contributed by atoms with Gasteiger partial charge in [0.25, 0.3) is 0 Å². The first-order valence-corrected chi connectivity index (χ1v) is 6.84. The average Bonchev–Trinajstić information content (AvgIpc) is 2.91. The van der Waals surface area contributed by atoms with Gasteiger partial charge in [-0.15, -0.1) is 0 Å². The summed E-state index contributed by atoms with van der Waals surface area (Å²) >= 11 is 0. The van der Waals surface area contributed by atoms with E-state index in [1.54, 1.807) is 12.1 Å². The highest BCUT2D eigenvalue weighted by atomic mass is 16.3. The second-order valence-electron chi connectivity index (χ2n) is 5.08. The van der Waals surface area contributed by atoms with Crippen molar-refractivity contribution < 1.29 is 9.90 Å². The summed E-state index contributed by atoms with van der Waals surface area (Å²) in [5, 5.41) is 8.84. The molecule has 3 heteroatoms. The van der Waals surface area contributed by atoms with Crippen LogP contribution < -0.4 is 4.90 Å². The fourth-order valence-corrected chi connectivity index (χ4v) is 2.68. The van der Waals surface area contributed by atoms with E-state index in [9.17, 15) is 4.79 Å². The van der Waals surface area contributed by atoms with E-state index in [4.69, 9.17) is 5.11 Å². The molecule has 1 N–H and O–H groups in total. The van der Waals surface area contributed by atoms with Crippen LogP contribution in [0.4, 0.5) is 5.69 Å². The number of aliphatic hydroxyl groups is 1. The van der Waals surface area contributed by atoms with Crippen LogP contribution in [0.2, 0.25) is 0 Å². The first kappa shape index (κ1) is 12.9. The Morgan fingerprint density at radius 3 is 2.60 bits per heavy atom. The number of rotatable bonds is 4. The molecule has 0 fully saturated rings. The maximum atomic E-state index is 11.4. The molecule has 102 valence electrons. The van der Waals surface area contributed by atoms with Gasteiger partial charge in [0, 0.05) is 24.3 Å². The molecule has 0 saturated heterocycles. The van der Waals surface area contributed by atoms with Crippen LogP contribution in [0.25, 0.3) is 0 Å². The molecule has 3 rings (SSSR count). The summed E-state index contributed by atoms with van der Waals surface area (Å²) < 4.78 is 0. The Morgan fingerprint density at radius 2 is 1.85 bits per heavy atom. The SMILES string of the molecule is O=C(CO)c1ccc(CN2CCc3ccccc32)cc1. The molecule has 0 aromatic heterocycles. The number of aliphatic hydroxyl groups excluding tert-OH is 1. The summed E-state index contributed by atoms with van der Waals surface area (Å²) in [5.74, 6) is -0.233. The second kappa shape index (κ2) is 5.47. The van der Waals surface area contributed by atoms with Gasteiger partial charge in [-0.3, -0.25) is 4.79 Å². The fraction of sp³-hybridized carbons (Fsp3) is 0.235. The van der Waals surface area contributed by atoms with Gasteiger partial charge < -0.3 is 10.0 Å². The Balaban J connectivity index is 1.75. The van der Waals surface area contributed by atoms with Gasteiger partial charge in [0.1, 0.15) is 6.61 Å². The number of carbonyl (C=O) groups excluding carboxylic acids is 1. The van der Waals surface area contributed by atoms with E-state index in [0.29, 0.717) is 5.56 Å². The van der Waals surface area contributed by atoms with Gasteiger partial charge >= 0.3 is 0 Å². The lowest BCUT2D eigenvalue weighted by atomic mass is 10.1. The Hall–Kier alpha value is -2.13. The molecule has 20 heavy (non-hydrogen) atoms. The number of benzene rings is 2. The molecule has 0 bridgehead atoms. The summed E-state index contributed by atoms with van der Waals surface area (Å²) in [6.07, 6.45) is 1.09. The summed E-state index contributed by atoms with van der Waals surface area (Å²) in [7, 11) is 0. The van der Waals surface area contributed by atoms with Crippen LogP contribution >= 0.6 is 0 Å². The molecule has 1 heterocycles. The molecule has 0 spiro atoms. The van der Waals surface area contributed by atoms with Crippen molar-refractivity contribution in [1.82, 2.24) is 0 Å². The fourth-order valence-electron chi connectivity index (χ4n) is 2.68. The smallest absolute Gasteiger partial charge is 0.188 e. The average molecular weight is 267 g/mol. The first-order valence-electron chi connectivity index (χ1n) is 6.84. The van der Waals surface area contributed by atoms with E-state index < -0.39 is 6.61 Å². The molecule has 1 aliphatic rings. The van der Waals surface area contributed by atoms with Crippen molar-refractivity contribution >= 4 is 11.5 Å². The van der Waals surface area contributed by atoms with Gasteiger partial charge in [-0.25, -0.2) is 0 Å². The van der Waals surface area contributed by atoms with Crippen molar-refractivity contribution in [2.45, 2.75) is 13.0 Å². The van der Waals surface area contributed by atoms with Gasteiger partial charge in [-0.1, -0.05) is 42.5 Å². The largest absolute Gasteiger partial charge is 0.388 e. The zero-order valence-corrected chi connectivity index (χ0v) is 11.2. The van der Waals surface area contributed by atoms with Crippen molar-refractivity contribution in [3.05, 3.63) is 65.2 Å². The Labute approximate surface area is 118 Å². The van der Waals surface area contributed by atoms with Gasteiger partial charge in [0.2, 0.25) is 0 Å². The highest BCUT2D eigenvalue weighted by Gasteiger charge is 2.18. The van der Waals surface area contributed by atoms with E-state index in [1.165, 1.54) is 16.8 Å². The number of hydrogen-bond acceptors (Lipinski definition) is 3. The summed E-state index contributed by atoms with van der Waals surface area (Å²) in [5.41, 5.74) is 4.46. The van der Waals surface area contributed by atoms with Crippen LogP contribution in [0.15, 0.2) is 48.5 Å². The molecule has 2 aromatic rings. The zero-order valence-electron chi connectivity index (χ0n) is 11.2. The first-order chi connectivity index (χ1) is 9.78. The van der Waals surface area contributed by atoms with Crippen LogP contribution in [0.1, 0.15) is 21.5 Å². The Kier molecular flexibility index (Phi) is 3.52. The molecule has 3 nitrogen and oxygen atoms in total. The standard InChI is InChI=1S/C17H17NO2/c19-12-17(20)15-7-5-13(6-8-15)11-18-10-9-14-3-1-2-4-16(14)18/h1-8,19H,9-12H2. The molecular formula is C17H17NO2. The monoisotopic (exact) mass is 267 g/mol. The van der Waals surface area contributed by atoms with E-state index in [2.05, 4.69) is 29.2 Å². The lowest BCUT2D eigenvalue weighted by molar-refractivity contribution is 0.0904. The van der Waals surface area contributed by atoms with Crippen LogP contribution in [-0.4, -0.2) is 24.0 Å². The number of nitrogens with zero attached hydrogens (tertiary/aromatic N) is 1. The molecule has 0 atom stereocenters. The molecular weight excluding hydrogens is 250 g/mol. The molecule has 0 aliphatic carbocycles. The number of para-hydroxylation sites is 1. The molecule has 2 aromatic carbocycles. The molecule has 0 amide bonds. The van der Waals surface area contributed by atoms with Crippen molar-refractivity contribution in [1.29, 1.82) is 0 Å². The quantitative estimate of drug-likeness (QED) is 0.865. The van der Waals surface area contributed by atoms with E-state index >= 15 is 0 Å². The lowest BCUT2D eigenvalue weighted by Gasteiger charge is -2.19. The highest BCUT2D eigenvalue weighted by molar-refractivity contribution is 5.96. The van der Waals surface area contributed by atoms with Crippen LogP contribution in [0.3, 0.4) is 0 Å². The van der Waals surface area contributed by atoms with Crippen molar-refractivity contribution in [3.8, 4) is 0 Å². The Morgan fingerprint density at radius 1 is 1.10 bits per heavy atom. The summed E-state index contributed by atoms with van der Waals surface area (Å²) in [6.45, 7) is 1.46. The maximum absolute atomic E-state index is 11.4. The Bertz CT molecular complexity index is 619. The van der Waals surface area contributed by atoms with Gasteiger partial charge in [0.15, 0.2) is 5.78 Å². The maximum Gasteiger partial charge on any atom is 0.188 e. The van der Waals surface area contributed by atoms with E-state index in [-0.39, 0.29) is 5.78 Å². The number of ketones is 1. The van der Waals surface area contributed by atoms with Crippen molar-refractivity contribution in [2.75, 3.05) is 18.1 Å². The minimum atomic E-state index is -0.432. The van der Waals surface area contributed by atoms with Gasteiger partial charge in [0.05, 0.1) is 0 Å². The van der Waals surface area contributed by atoms with E-state index in [1.807, 2.05) is 12.1 Å². The normalized spacial score (nSPS) is 13.3. The van der Waals surface area contributed by atoms with Gasteiger partial charge in [-0.2, -0.15) is 0 Å². The summed E-state index contributed by atoms with van der Waals surface area (Å²) in [6, 6.07) is 16.0. The van der Waals surface area contributed by atoms with Crippen molar-refractivity contribution in [3.63, 3.8) is 0 Å². The predicted octanol–water partition coefficient (Wildman–Crippen LogP) is 2.42.